The van der Waals surface area contributed by atoms with Crippen molar-refractivity contribution in [1.82, 2.24) is 4.90 Å². The van der Waals surface area contributed by atoms with E-state index in [0.29, 0.717) is 30.5 Å². The third-order valence-corrected chi connectivity index (χ3v) is 3.98. The summed E-state index contributed by atoms with van der Waals surface area (Å²) in [6.07, 6.45) is 0.820. The summed E-state index contributed by atoms with van der Waals surface area (Å²) >= 11 is 3.15. The number of carboxylic acid groups (broad SMARTS) is 1. The predicted octanol–water partition coefficient (Wildman–Crippen LogP) is 2.75. The number of halogens is 3. The van der Waals surface area contributed by atoms with Crippen LogP contribution in [0.4, 0.5) is 10.1 Å². The van der Waals surface area contributed by atoms with Gasteiger partial charge in [-0.05, 0) is 31.2 Å². The molecule has 0 aliphatic carbocycles. The van der Waals surface area contributed by atoms with Gasteiger partial charge in [0.05, 0.1) is 11.6 Å². The van der Waals surface area contributed by atoms with Crippen molar-refractivity contribution in [2.75, 3.05) is 25.0 Å². The van der Waals surface area contributed by atoms with Crippen molar-refractivity contribution >= 4 is 45.9 Å². The van der Waals surface area contributed by atoms with Crippen molar-refractivity contribution in [1.29, 1.82) is 0 Å². The van der Waals surface area contributed by atoms with Crippen molar-refractivity contribution < 1.29 is 19.1 Å². The number of hydrogen-bond donors (Lipinski definition) is 2. The Bertz CT molecular complexity index is 559. The Balaban J connectivity index is 0.00000242. The number of hydrogen-bond acceptors (Lipinski definition) is 3. The highest BCUT2D eigenvalue weighted by molar-refractivity contribution is 9.10. The molecule has 1 aliphatic heterocycles. The molecule has 2 N–H and O–H groups in total. The van der Waals surface area contributed by atoms with Gasteiger partial charge in [0.2, 0.25) is 5.91 Å². The standard InChI is InChI=1S/C14H16BrFN2O3.ClH/c15-10-1-2-12(11(16)7-10)17-13(19)4-6-18-5-3-9(8-18)14(20)21;/h1-2,7,9H,3-6,8H2,(H,17,19)(H,20,21);1H. The maximum atomic E-state index is 13.6. The normalized spacial score (nSPS) is 17.8. The highest BCUT2D eigenvalue weighted by atomic mass is 79.9. The molecule has 1 saturated heterocycles. The van der Waals surface area contributed by atoms with E-state index in [1.807, 2.05) is 4.90 Å². The summed E-state index contributed by atoms with van der Waals surface area (Å²) in [4.78, 5) is 24.6. The number of carbonyl (C=O) groups is 2. The lowest BCUT2D eigenvalue weighted by molar-refractivity contribution is -0.141. The molecule has 122 valence electrons. The smallest absolute Gasteiger partial charge is 0.307 e. The Morgan fingerprint density at radius 2 is 2.18 bits per heavy atom. The van der Waals surface area contributed by atoms with Crippen LogP contribution in [0.2, 0.25) is 0 Å². The van der Waals surface area contributed by atoms with Crippen LogP contribution in [0.3, 0.4) is 0 Å². The van der Waals surface area contributed by atoms with Gasteiger partial charge in [0.1, 0.15) is 5.82 Å². The lowest BCUT2D eigenvalue weighted by Crippen LogP contribution is -2.27. The molecule has 22 heavy (non-hydrogen) atoms. The van der Waals surface area contributed by atoms with Crippen LogP contribution in [0, 0.1) is 11.7 Å². The third kappa shape index (κ3) is 5.23. The van der Waals surface area contributed by atoms with Crippen LogP contribution in [-0.2, 0) is 9.59 Å². The minimum Gasteiger partial charge on any atom is -0.481 e. The van der Waals surface area contributed by atoms with Crippen LogP contribution in [-0.4, -0.2) is 41.5 Å². The molecule has 5 nitrogen and oxygen atoms in total. The molecule has 0 saturated carbocycles. The quantitative estimate of drug-likeness (QED) is 0.804. The van der Waals surface area contributed by atoms with Crippen LogP contribution in [0.15, 0.2) is 22.7 Å². The largest absolute Gasteiger partial charge is 0.481 e. The minimum absolute atomic E-state index is 0. The maximum Gasteiger partial charge on any atom is 0.307 e. The number of benzene rings is 1. The van der Waals surface area contributed by atoms with E-state index in [2.05, 4.69) is 21.2 Å². The molecule has 1 aromatic rings. The number of nitrogens with one attached hydrogen (secondary N) is 1. The molecule has 0 spiro atoms. The lowest BCUT2D eigenvalue weighted by atomic mass is 10.1. The highest BCUT2D eigenvalue weighted by Crippen LogP contribution is 2.20. The first-order valence-electron chi connectivity index (χ1n) is 6.66. The second-order valence-corrected chi connectivity index (χ2v) is 5.96. The Kier molecular flexibility index (Phi) is 7.25. The van der Waals surface area contributed by atoms with Gasteiger partial charge in [-0.15, -0.1) is 12.4 Å². The number of likely N-dealkylation sites (tertiary alicyclic amines) is 1. The number of anilines is 1. The van der Waals surface area contributed by atoms with Gasteiger partial charge in [0.25, 0.3) is 0 Å². The summed E-state index contributed by atoms with van der Waals surface area (Å²) in [6.45, 7) is 1.62. The van der Waals surface area contributed by atoms with E-state index in [0.717, 1.165) is 0 Å². The SMILES string of the molecule is Cl.O=C(CCN1CCC(C(=O)O)C1)Nc1ccc(Br)cc1F. The Labute approximate surface area is 142 Å². The number of amides is 1. The second-order valence-electron chi connectivity index (χ2n) is 5.05. The van der Waals surface area contributed by atoms with E-state index in [1.165, 1.54) is 12.1 Å². The highest BCUT2D eigenvalue weighted by Gasteiger charge is 2.27. The van der Waals surface area contributed by atoms with E-state index in [-0.39, 0.29) is 36.3 Å². The molecule has 1 amide bonds. The fourth-order valence-corrected chi connectivity index (χ4v) is 2.63. The first-order chi connectivity index (χ1) is 9.95. The second kappa shape index (κ2) is 8.45. The number of carboxylic acids is 1. The van der Waals surface area contributed by atoms with Gasteiger partial charge >= 0.3 is 5.97 Å². The van der Waals surface area contributed by atoms with Crippen LogP contribution >= 0.6 is 28.3 Å². The third-order valence-electron chi connectivity index (χ3n) is 3.48. The first-order valence-corrected chi connectivity index (χ1v) is 7.45. The Morgan fingerprint density at radius 1 is 1.45 bits per heavy atom. The fraction of sp³-hybridized carbons (Fsp3) is 0.429. The van der Waals surface area contributed by atoms with Crippen LogP contribution in [0.5, 0.6) is 0 Å². The number of nitrogens with zero attached hydrogens (tertiary/aromatic N) is 1. The summed E-state index contributed by atoms with van der Waals surface area (Å²) in [7, 11) is 0. The average molecular weight is 396 g/mol. The summed E-state index contributed by atoms with van der Waals surface area (Å²) in [5, 5.41) is 11.4. The molecule has 0 radical (unpaired) electrons. The minimum atomic E-state index is -0.793. The van der Waals surface area contributed by atoms with E-state index < -0.39 is 11.8 Å². The summed E-state index contributed by atoms with van der Waals surface area (Å²) in [5.74, 6) is -1.92. The molecule has 1 unspecified atom stereocenters. The van der Waals surface area contributed by atoms with E-state index >= 15 is 0 Å². The summed E-state index contributed by atoms with van der Waals surface area (Å²) < 4.78 is 14.2. The van der Waals surface area contributed by atoms with Crippen molar-refractivity contribution in [2.24, 2.45) is 5.92 Å². The molecule has 2 rings (SSSR count). The van der Waals surface area contributed by atoms with Crippen molar-refractivity contribution in [3.63, 3.8) is 0 Å². The van der Waals surface area contributed by atoms with Gasteiger partial charge in [-0.1, -0.05) is 15.9 Å². The molecular weight excluding hydrogens is 379 g/mol. The molecule has 1 atom stereocenters. The van der Waals surface area contributed by atoms with Gasteiger partial charge < -0.3 is 15.3 Å². The first kappa shape index (κ1) is 18.9. The molecule has 1 aliphatic rings. The maximum absolute atomic E-state index is 13.6. The molecule has 1 fully saturated rings. The number of rotatable bonds is 5. The van der Waals surface area contributed by atoms with Gasteiger partial charge in [-0.25, -0.2) is 4.39 Å². The van der Waals surface area contributed by atoms with Crippen LogP contribution in [0.25, 0.3) is 0 Å². The topological polar surface area (TPSA) is 69.6 Å². The van der Waals surface area contributed by atoms with Crippen molar-refractivity contribution in [3.05, 3.63) is 28.5 Å². The van der Waals surface area contributed by atoms with Gasteiger partial charge in [0, 0.05) is 24.0 Å². The fourth-order valence-electron chi connectivity index (χ4n) is 2.30. The summed E-state index contributed by atoms with van der Waals surface area (Å²) in [5.41, 5.74) is 0.146. The van der Waals surface area contributed by atoms with Crippen LogP contribution < -0.4 is 5.32 Å². The van der Waals surface area contributed by atoms with E-state index in [9.17, 15) is 14.0 Å². The van der Waals surface area contributed by atoms with Gasteiger partial charge in [0.15, 0.2) is 0 Å². The number of aliphatic carboxylic acids is 1. The van der Waals surface area contributed by atoms with Crippen LogP contribution in [0.1, 0.15) is 12.8 Å². The van der Waals surface area contributed by atoms with Gasteiger partial charge in [-0.3, -0.25) is 9.59 Å². The molecule has 8 heteroatoms. The average Bonchev–Trinajstić information content (AvgIpc) is 2.89. The van der Waals surface area contributed by atoms with Gasteiger partial charge in [-0.2, -0.15) is 0 Å². The Morgan fingerprint density at radius 3 is 2.77 bits per heavy atom. The van der Waals surface area contributed by atoms with Crippen molar-refractivity contribution in [3.8, 4) is 0 Å². The molecular formula is C14H17BrClFN2O3. The predicted molar refractivity (Wildman–Crippen MR) is 86.8 cm³/mol. The number of carbonyl (C=O) groups excluding carboxylic acids is 1. The Hall–Kier alpha value is -1.18. The molecule has 0 aromatic heterocycles. The lowest BCUT2D eigenvalue weighted by Gasteiger charge is -2.14. The molecule has 0 bridgehead atoms. The zero-order valence-corrected chi connectivity index (χ0v) is 14.1. The molecule has 1 heterocycles. The zero-order chi connectivity index (χ0) is 15.4. The molecule has 1 aromatic carbocycles. The van der Waals surface area contributed by atoms with E-state index in [4.69, 9.17) is 5.11 Å². The monoisotopic (exact) mass is 394 g/mol. The van der Waals surface area contributed by atoms with E-state index in [1.54, 1.807) is 6.07 Å². The van der Waals surface area contributed by atoms with Crippen molar-refractivity contribution in [2.45, 2.75) is 12.8 Å². The summed E-state index contributed by atoms with van der Waals surface area (Å²) in [6, 6.07) is 4.43. The zero-order valence-electron chi connectivity index (χ0n) is 11.7.